The number of aryl methyl sites for hydroxylation is 1. The van der Waals surface area contributed by atoms with Gasteiger partial charge in [-0.05, 0) is 46.5 Å². The quantitative estimate of drug-likeness (QED) is 0.604. The monoisotopic (exact) mass is 338 g/mol. The number of carbonyl (C=O) groups is 1. The molecule has 0 amide bonds. The number of fused-ring (bicyclic) bond motifs is 1. The standard InChI is InChI=1S/C20H17FO2.C2H6/c1-2-4-13-7-10-17(19(21)11-13)16-6-3-5-14-8-9-15(20(22)23)12-18(14)16;1-2/h3,5-12H,2,4H2,1H3,(H,22,23);1-2H3. The molecule has 0 heterocycles. The lowest BCUT2D eigenvalue weighted by atomic mass is 9.95. The molecule has 130 valence electrons. The number of hydrogen-bond donors (Lipinski definition) is 1. The Morgan fingerprint density at radius 3 is 2.40 bits per heavy atom. The second-order valence-electron chi connectivity index (χ2n) is 5.61. The molecule has 3 rings (SSSR count). The zero-order valence-corrected chi connectivity index (χ0v) is 14.8. The molecule has 0 unspecified atom stereocenters. The third-order valence-electron chi connectivity index (χ3n) is 3.99. The maximum atomic E-state index is 14.5. The SMILES string of the molecule is CC.CCCc1ccc(-c2cccc3ccc(C(=O)O)cc23)c(F)c1. The topological polar surface area (TPSA) is 37.3 Å². The summed E-state index contributed by atoms with van der Waals surface area (Å²) in [6, 6.07) is 15.8. The second-order valence-corrected chi connectivity index (χ2v) is 5.61. The van der Waals surface area contributed by atoms with Crippen LogP contribution in [0.2, 0.25) is 0 Å². The van der Waals surface area contributed by atoms with Gasteiger partial charge in [-0.25, -0.2) is 9.18 Å². The van der Waals surface area contributed by atoms with Crippen LogP contribution in [0, 0.1) is 5.82 Å². The fraction of sp³-hybridized carbons (Fsp3) is 0.227. The molecule has 0 saturated carbocycles. The number of carboxylic acid groups (broad SMARTS) is 1. The average molecular weight is 338 g/mol. The number of halogens is 1. The van der Waals surface area contributed by atoms with Gasteiger partial charge in [0.05, 0.1) is 5.56 Å². The number of aromatic carboxylic acids is 1. The molecule has 0 radical (unpaired) electrons. The van der Waals surface area contributed by atoms with Crippen LogP contribution in [0.5, 0.6) is 0 Å². The van der Waals surface area contributed by atoms with E-state index in [0.29, 0.717) is 11.1 Å². The summed E-state index contributed by atoms with van der Waals surface area (Å²) in [7, 11) is 0. The molecular weight excluding hydrogens is 315 g/mol. The first-order valence-corrected chi connectivity index (χ1v) is 8.65. The van der Waals surface area contributed by atoms with Crippen molar-refractivity contribution in [1.82, 2.24) is 0 Å². The maximum absolute atomic E-state index is 14.5. The molecule has 3 aromatic carbocycles. The third-order valence-corrected chi connectivity index (χ3v) is 3.99. The summed E-state index contributed by atoms with van der Waals surface area (Å²) in [6.45, 7) is 6.06. The highest BCUT2D eigenvalue weighted by atomic mass is 19.1. The van der Waals surface area contributed by atoms with Gasteiger partial charge in [0.25, 0.3) is 0 Å². The van der Waals surface area contributed by atoms with Crippen molar-refractivity contribution < 1.29 is 14.3 Å². The molecule has 3 aromatic rings. The van der Waals surface area contributed by atoms with Gasteiger partial charge in [0.2, 0.25) is 0 Å². The fourth-order valence-corrected chi connectivity index (χ4v) is 2.86. The molecule has 0 aliphatic rings. The Kier molecular flexibility index (Phi) is 6.29. The number of rotatable bonds is 4. The minimum absolute atomic E-state index is 0.202. The molecule has 3 heteroatoms. The Labute approximate surface area is 147 Å². The largest absolute Gasteiger partial charge is 0.478 e. The van der Waals surface area contributed by atoms with Gasteiger partial charge in [-0.1, -0.05) is 63.6 Å². The van der Waals surface area contributed by atoms with E-state index in [1.165, 1.54) is 0 Å². The molecule has 0 saturated heterocycles. The first kappa shape index (κ1) is 18.7. The summed E-state index contributed by atoms with van der Waals surface area (Å²) < 4.78 is 14.5. The Bertz CT molecular complexity index is 884. The predicted molar refractivity (Wildman–Crippen MR) is 102 cm³/mol. The van der Waals surface area contributed by atoms with Crippen LogP contribution in [-0.2, 0) is 6.42 Å². The van der Waals surface area contributed by atoms with Crippen molar-refractivity contribution in [2.75, 3.05) is 0 Å². The lowest BCUT2D eigenvalue weighted by Crippen LogP contribution is -1.96. The van der Waals surface area contributed by atoms with Crippen molar-refractivity contribution in [1.29, 1.82) is 0 Å². The predicted octanol–water partition coefficient (Wildman–Crippen LogP) is 6.32. The van der Waals surface area contributed by atoms with E-state index in [2.05, 4.69) is 6.92 Å². The Hall–Kier alpha value is -2.68. The van der Waals surface area contributed by atoms with Crippen LogP contribution in [-0.4, -0.2) is 11.1 Å². The van der Waals surface area contributed by atoms with E-state index in [4.69, 9.17) is 0 Å². The number of hydrogen-bond acceptors (Lipinski definition) is 1. The molecular formula is C22H23FO2. The van der Waals surface area contributed by atoms with Gasteiger partial charge in [-0.15, -0.1) is 0 Å². The fourth-order valence-electron chi connectivity index (χ4n) is 2.86. The van der Waals surface area contributed by atoms with Gasteiger partial charge in [0.1, 0.15) is 5.82 Å². The van der Waals surface area contributed by atoms with Crippen LogP contribution in [0.3, 0.4) is 0 Å². The van der Waals surface area contributed by atoms with Gasteiger partial charge < -0.3 is 5.11 Å². The lowest BCUT2D eigenvalue weighted by Gasteiger charge is -2.10. The van der Waals surface area contributed by atoms with Crippen molar-refractivity contribution in [3.8, 4) is 11.1 Å². The molecule has 1 N–H and O–H groups in total. The van der Waals surface area contributed by atoms with Crippen LogP contribution >= 0.6 is 0 Å². The van der Waals surface area contributed by atoms with E-state index >= 15 is 0 Å². The number of benzene rings is 3. The van der Waals surface area contributed by atoms with Gasteiger partial charge in [0.15, 0.2) is 0 Å². The van der Waals surface area contributed by atoms with Crippen LogP contribution in [0.25, 0.3) is 21.9 Å². The van der Waals surface area contributed by atoms with E-state index in [9.17, 15) is 14.3 Å². The van der Waals surface area contributed by atoms with Crippen molar-refractivity contribution in [2.45, 2.75) is 33.6 Å². The van der Waals surface area contributed by atoms with Crippen LogP contribution in [0.4, 0.5) is 4.39 Å². The smallest absolute Gasteiger partial charge is 0.335 e. The average Bonchev–Trinajstić information content (AvgIpc) is 2.63. The van der Waals surface area contributed by atoms with Crippen molar-refractivity contribution >= 4 is 16.7 Å². The Balaban J connectivity index is 0.00000109. The summed E-state index contributed by atoms with van der Waals surface area (Å²) in [4.78, 5) is 11.2. The third kappa shape index (κ3) is 4.05. The summed E-state index contributed by atoms with van der Waals surface area (Å²) in [5.74, 6) is -1.26. The minimum atomic E-state index is -0.986. The molecule has 0 aliphatic heterocycles. The zero-order valence-electron chi connectivity index (χ0n) is 14.8. The minimum Gasteiger partial charge on any atom is -0.478 e. The summed E-state index contributed by atoms with van der Waals surface area (Å²) in [5.41, 5.74) is 2.39. The lowest BCUT2D eigenvalue weighted by molar-refractivity contribution is 0.0697. The molecule has 0 aromatic heterocycles. The van der Waals surface area contributed by atoms with Crippen molar-refractivity contribution in [2.24, 2.45) is 0 Å². The van der Waals surface area contributed by atoms with Crippen LogP contribution in [0.15, 0.2) is 54.6 Å². The van der Waals surface area contributed by atoms with E-state index in [1.54, 1.807) is 30.3 Å². The van der Waals surface area contributed by atoms with Crippen molar-refractivity contribution in [3.05, 3.63) is 71.5 Å². The van der Waals surface area contributed by atoms with Gasteiger partial charge >= 0.3 is 5.97 Å². The summed E-state index contributed by atoms with van der Waals surface area (Å²) in [5, 5.41) is 10.8. The highest BCUT2D eigenvalue weighted by Gasteiger charge is 2.11. The molecule has 0 spiro atoms. The van der Waals surface area contributed by atoms with Crippen LogP contribution in [0.1, 0.15) is 43.1 Å². The number of carboxylic acids is 1. The van der Waals surface area contributed by atoms with Gasteiger partial charge in [0, 0.05) is 5.56 Å². The van der Waals surface area contributed by atoms with Gasteiger partial charge in [-0.3, -0.25) is 0 Å². The normalized spacial score (nSPS) is 10.2. The van der Waals surface area contributed by atoms with E-state index in [0.717, 1.165) is 29.2 Å². The van der Waals surface area contributed by atoms with Crippen molar-refractivity contribution in [3.63, 3.8) is 0 Å². The summed E-state index contributed by atoms with van der Waals surface area (Å²) >= 11 is 0. The first-order valence-electron chi connectivity index (χ1n) is 8.65. The van der Waals surface area contributed by atoms with E-state index in [-0.39, 0.29) is 11.4 Å². The molecule has 25 heavy (non-hydrogen) atoms. The maximum Gasteiger partial charge on any atom is 0.335 e. The highest BCUT2D eigenvalue weighted by molar-refractivity contribution is 6.01. The molecule has 2 nitrogen and oxygen atoms in total. The van der Waals surface area contributed by atoms with E-state index in [1.807, 2.05) is 38.1 Å². The molecule has 0 fully saturated rings. The first-order chi connectivity index (χ1) is 12.1. The highest BCUT2D eigenvalue weighted by Crippen LogP contribution is 2.31. The molecule has 0 bridgehead atoms. The molecule has 0 atom stereocenters. The van der Waals surface area contributed by atoms with Gasteiger partial charge in [-0.2, -0.15) is 0 Å². The van der Waals surface area contributed by atoms with Crippen LogP contribution < -0.4 is 0 Å². The van der Waals surface area contributed by atoms with E-state index < -0.39 is 5.97 Å². The zero-order chi connectivity index (χ0) is 18.4. The Morgan fingerprint density at radius 1 is 1.00 bits per heavy atom. The Morgan fingerprint density at radius 2 is 1.76 bits per heavy atom. The summed E-state index contributed by atoms with van der Waals surface area (Å²) in [6.07, 6.45) is 1.81. The second kappa shape index (κ2) is 8.43. The molecule has 0 aliphatic carbocycles.